The Morgan fingerprint density at radius 1 is 1.55 bits per heavy atom. The van der Waals surface area contributed by atoms with Gasteiger partial charge in [0.2, 0.25) is 0 Å². The van der Waals surface area contributed by atoms with Crippen LogP contribution in [0.15, 0.2) is 36.5 Å². The highest BCUT2D eigenvalue weighted by molar-refractivity contribution is 5.91. The minimum atomic E-state index is -0.344. The highest BCUT2D eigenvalue weighted by Gasteiger charge is 2.02. The molecule has 0 spiro atoms. The lowest BCUT2D eigenvalue weighted by molar-refractivity contribution is -0.135. The maximum atomic E-state index is 10.9. The van der Waals surface area contributed by atoms with Crippen molar-refractivity contribution in [3.05, 3.63) is 36.5 Å². The van der Waals surface area contributed by atoms with Crippen LogP contribution in [0.1, 0.15) is 6.92 Å². The van der Waals surface area contributed by atoms with Crippen LogP contribution in [0.25, 0.3) is 0 Å². The summed E-state index contributed by atoms with van der Waals surface area (Å²) in [5, 5.41) is 0. The summed E-state index contributed by atoms with van der Waals surface area (Å²) in [6.07, 6.45) is 6.60. The summed E-state index contributed by atoms with van der Waals surface area (Å²) in [6, 6.07) is 0. The minimum absolute atomic E-state index is 0.344. The van der Waals surface area contributed by atoms with Gasteiger partial charge in [-0.1, -0.05) is 24.8 Å². The molecule has 0 aromatic heterocycles. The molecule has 60 valence electrons. The summed E-state index contributed by atoms with van der Waals surface area (Å²) in [4.78, 5) is 10.9. The smallest absolute Gasteiger partial charge is 0.337 e. The van der Waals surface area contributed by atoms with Gasteiger partial charge in [0.1, 0.15) is 0 Å². The fourth-order valence-electron chi connectivity index (χ4n) is 0.616. The maximum Gasteiger partial charge on any atom is 0.337 e. The van der Waals surface area contributed by atoms with E-state index in [4.69, 9.17) is 0 Å². The van der Waals surface area contributed by atoms with Gasteiger partial charge in [-0.15, -0.1) is 0 Å². The first-order valence-electron chi connectivity index (χ1n) is 3.30. The Kier molecular flexibility index (Phi) is 4.82. The molecule has 0 aliphatic heterocycles. The number of hydrogen-bond donors (Lipinski definition) is 0. The van der Waals surface area contributed by atoms with E-state index in [1.165, 1.54) is 7.11 Å². The van der Waals surface area contributed by atoms with Crippen LogP contribution in [-0.4, -0.2) is 13.1 Å². The van der Waals surface area contributed by atoms with E-state index >= 15 is 0 Å². The Labute approximate surface area is 66.9 Å². The summed E-state index contributed by atoms with van der Waals surface area (Å²) in [5.41, 5.74) is 0.505. The quantitative estimate of drug-likeness (QED) is 0.350. The number of carbonyl (C=O) groups is 1. The van der Waals surface area contributed by atoms with Gasteiger partial charge in [-0.05, 0) is 13.0 Å². The number of hydrogen-bond acceptors (Lipinski definition) is 2. The van der Waals surface area contributed by atoms with E-state index in [0.29, 0.717) is 5.57 Å². The largest absolute Gasteiger partial charge is 0.465 e. The minimum Gasteiger partial charge on any atom is -0.465 e. The normalized spacial score (nSPS) is 11.6. The van der Waals surface area contributed by atoms with Gasteiger partial charge in [0, 0.05) is 0 Å². The van der Waals surface area contributed by atoms with Crippen molar-refractivity contribution in [2.45, 2.75) is 6.92 Å². The topological polar surface area (TPSA) is 26.3 Å². The molecule has 0 fully saturated rings. The summed E-state index contributed by atoms with van der Waals surface area (Å²) >= 11 is 0. The first kappa shape index (κ1) is 9.69. The van der Waals surface area contributed by atoms with E-state index in [1.54, 1.807) is 24.3 Å². The summed E-state index contributed by atoms with van der Waals surface area (Å²) < 4.78 is 4.51. The van der Waals surface area contributed by atoms with E-state index in [2.05, 4.69) is 11.3 Å². The highest BCUT2D eigenvalue weighted by atomic mass is 16.5. The van der Waals surface area contributed by atoms with E-state index in [9.17, 15) is 4.79 Å². The molecule has 0 radical (unpaired) electrons. The number of allylic oxidation sites excluding steroid dienone is 3. The average Bonchev–Trinajstić information content (AvgIpc) is 2.03. The van der Waals surface area contributed by atoms with Crippen LogP contribution >= 0.6 is 0 Å². The van der Waals surface area contributed by atoms with Crippen molar-refractivity contribution in [1.82, 2.24) is 0 Å². The maximum absolute atomic E-state index is 10.9. The molecule has 0 atom stereocenters. The zero-order valence-corrected chi connectivity index (χ0v) is 6.83. The van der Waals surface area contributed by atoms with Crippen LogP contribution in [0.2, 0.25) is 0 Å². The van der Waals surface area contributed by atoms with Gasteiger partial charge in [-0.3, -0.25) is 0 Å². The van der Waals surface area contributed by atoms with Crippen molar-refractivity contribution in [3.8, 4) is 0 Å². The Morgan fingerprint density at radius 2 is 2.18 bits per heavy atom. The molecule has 11 heavy (non-hydrogen) atoms. The molecule has 2 heteroatoms. The average molecular weight is 152 g/mol. The second-order valence-electron chi connectivity index (χ2n) is 1.85. The van der Waals surface area contributed by atoms with E-state index in [0.717, 1.165) is 0 Å². The Hall–Kier alpha value is -1.31. The van der Waals surface area contributed by atoms with Crippen molar-refractivity contribution < 1.29 is 9.53 Å². The zero-order valence-electron chi connectivity index (χ0n) is 6.83. The molecular formula is C9H12O2. The first-order chi connectivity index (χ1) is 5.26. The van der Waals surface area contributed by atoms with Crippen LogP contribution in [0.3, 0.4) is 0 Å². The van der Waals surface area contributed by atoms with Crippen LogP contribution < -0.4 is 0 Å². The third-order valence-corrected chi connectivity index (χ3v) is 1.06. The molecular weight excluding hydrogens is 140 g/mol. The lowest BCUT2D eigenvalue weighted by Gasteiger charge is -1.96. The fraction of sp³-hybridized carbons (Fsp3) is 0.222. The van der Waals surface area contributed by atoms with Crippen molar-refractivity contribution in [2.75, 3.05) is 7.11 Å². The third-order valence-electron chi connectivity index (χ3n) is 1.06. The zero-order chi connectivity index (χ0) is 8.69. The molecule has 0 N–H and O–H groups in total. The van der Waals surface area contributed by atoms with Gasteiger partial charge in [0.15, 0.2) is 0 Å². The molecule has 0 saturated heterocycles. The molecule has 0 aliphatic carbocycles. The first-order valence-corrected chi connectivity index (χ1v) is 3.30. The molecule has 0 rings (SSSR count). The predicted molar refractivity (Wildman–Crippen MR) is 45.1 cm³/mol. The van der Waals surface area contributed by atoms with Gasteiger partial charge in [-0.25, -0.2) is 4.79 Å². The number of esters is 1. The SMILES string of the molecule is C=C/C=C(\C=C/C)C(=O)OC. The Bertz CT molecular complexity index is 200. The molecule has 0 aromatic rings. The standard InChI is InChI=1S/C9H12O2/c1-4-6-8(7-5-2)9(10)11-3/h4-7H,1H2,2-3H3/b7-5-,8-6+. The molecule has 0 aliphatic rings. The lowest BCUT2D eigenvalue weighted by atomic mass is 10.2. The van der Waals surface area contributed by atoms with Crippen LogP contribution in [0, 0.1) is 0 Å². The number of carbonyl (C=O) groups excluding carboxylic acids is 1. The molecule has 0 heterocycles. The van der Waals surface area contributed by atoms with Crippen molar-refractivity contribution in [3.63, 3.8) is 0 Å². The predicted octanol–water partition coefficient (Wildman–Crippen LogP) is 1.85. The fourth-order valence-corrected chi connectivity index (χ4v) is 0.616. The monoisotopic (exact) mass is 152 g/mol. The van der Waals surface area contributed by atoms with Gasteiger partial charge in [-0.2, -0.15) is 0 Å². The Morgan fingerprint density at radius 3 is 2.55 bits per heavy atom. The highest BCUT2D eigenvalue weighted by Crippen LogP contribution is 1.99. The molecule has 0 bridgehead atoms. The van der Waals surface area contributed by atoms with Crippen molar-refractivity contribution in [2.24, 2.45) is 0 Å². The van der Waals surface area contributed by atoms with Gasteiger partial charge in [0.25, 0.3) is 0 Å². The second kappa shape index (κ2) is 5.47. The van der Waals surface area contributed by atoms with Crippen LogP contribution in [0.4, 0.5) is 0 Å². The summed E-state index contributed by atoms with van der Waals surface area (Å²) in [5.74, 6) is -0.344. The van der Waals surface area contributed by atoms with Crippen molar-refractivity contribution in [1.29, 1.82) is 0 Å². The van der Waals surface area contributed by atoms with E-state index in [-0.39, 0.29) is 5.97 Å². The van der Waals surface area contributed by atoms with Crippen LogP contribution in [-0.2, 0) is 9.53 Å². The van der Waals surface area contributed by atoms with Gasteiger partial charge in [0.05, 0.1) is 12.7 Å². The number of methoxy groups -OCH3 is 1. The van der Waals surface area contributed by atoms with Gasteiger partial charge >= 0.3 is 5.97 Å². The number of rotatable bonds is 3. The lowest BCUT2D eigenvalue weighted by Crippen LogP contribution is -2.01. The summed E-state index contributed by atoms with van der Waals surface area (Å²) in [6.45, 7) is 5.31. The van der Waals surface area contributed by atoms with Crippen LogP contribution in [0.5, 0.6) is 0 Å². The molecule has 0 unspecified atom stereocenters. The molecule has 2 nitrogen and oxygen atoms in total. The molecule has 0 aromatic carbocycles. The van der Waals surface area contributed by atoms with Crippen molar-refractivity contribution >= 4 is 5.97 Å². The number of ether oxygens (including phenoxy) is 1. The Balaban J connectivity index is 4.46. The second-order valence-corrected chi connectivity index (χ2v) is 1.85. The van der Waals surface area contributed by atoms with E-state index in [1.807, 2.05) is 6.92 Å². The molecule has 0 amide bonds. The van der Waals surface area contributed by atoms with E-state index < -0.39 is 0 Å². The summed E-state index contributed by atoms with van der Waals surface area (Å²) in [7, 11) is 1.35. The third kappa shape index (κ3) is 3.40. The van der Waals surface area contributed by atoms with Gasteiger partial charge < -0.3 is 4.74 Å². The molecule has 0 saturated carbocycles.